The zero-order chi connectivity index (χ0) is 25.3. The Bertz CT molecular complexity index is 1220. The molecule has 2 aromatic heterocycles. The quantitative estimate of drug-likeness (QED) is 0.541. The molecular formula is C23H26F3N7O3. The van der Waals surface area contributed by atoms with Crippen molar-refractivity contribution in [2.75, 3.05) is 56.2 Å². The van der Waals surface area contributed by atoms with Gasteiger partial charge in [0, 0.05) is 37.4 Å². The fraction of sp³-hybridized carbons (Fsp3) is 0.478. The molecule has 2 N–H and O–H groups in total. The molecule has 5 rings (SSSR count). The highest BCUT2D eigenvalue weighted by Gasteiger charge is 2.33. The van der Waals surface area contributed by atoms with Crippen LogP contribution in [-0.4, -0.2) is 88.0 Å². The zero-order valence-electron chi connectivity index (χ0n) is 19.4. The smallest absolute Gasteiger partial charge is 0.409 e. The lowest BCUT2D eigenvalue weighted by Crippen LogP contribution is -2.40. The lowest BCUT2D eigenvalue weighted by atomic mass is 10.1. The highest BCUT2D eigenvalue weighted by Crippen LogP contribution is 2.33. The van der Waals surface area contributed by atoms with Crippen molar-refractivity contribution < 1.29 is 27.8 Å². The number of halogens is 3. The number of carboxylic acid groups (broad SMARTS) is 1. The van der Waals surface area contributed by atoms with E-state index in [-0.39, 0.29) is 6.04 Å². The normalized spacial score (nSPS) is 18.0. The van der Waals surface area contributed by atoms with Gasteiger partial charge in [-0.3, -0.25) is 10.2 Å². The van der Waals surface area contributed by atoms with E-state index in [1.165, 1.54) is 4.90 Å². The molecule has 1 amide bonds. The number of aromatic nitrogens is 4. The Balaban J connectivity index is 1.48. The van der Waals surface area contributed by atoms with Crippen molar-refractivity contribution in [2.45, 2.75) is 25.1 Å². The number of alkyl halides is 3. The fourth-order valence-corrected chi connectivity index (χ4v) is 4.73. The second-order valence-electron chi connectivity index (χ2n) is 8.93. The van der Waals surface area contributed by atoms with Crippen molar-refractivity contribution in [2.24, 2.45) is 0 Å². The number of carbonyl (C=O) groups is 1. The first-order chi connectivity index (χ1) is 17.3. The van der Waals surface area contributed by atoms with Crippen LogP contribution in [0.15, 0.2) is 30.5 Å². The first-order valence-corrected chi connectivity index (χ1v) is 11.7. The van der Waals surface area contributed by atoms with Crippen molar-refractivity contribution in [3.63, 3.8) is 0 Å². The van der Waals surface area contributed by atoms with Crippen LogP contribution in [0.25, 0.3) is 22.4 Å². The SMILES string of the molecule is O=C(O)Nc1ccc(-c2nc(N3CCOCC3)c3cnn(C4CCN(CC(F)(F)F)CC4)c3n2)cc1. The van der Waals surface area contributed by atoms with E-state index in [0.717, 1.165) is 11.2 Å². The molecule has 13 heteroatoms. The number of hydrogen-bond donors (Lipinski definition) is 2. The van der Waals surface area contributed by atoms with Crippen LogP contribution in [0.3, 0.4) is 0 Å². The van der Waals surface area contributed by atoms with Gasteiger partial charge in [-0.15, -0.1) is 0 Å². The molecule has 4 heterocycles. The third-order valence-corrected chi connectivity index (χ3v) is 6.44. The van der Waals surface area contributed by atoms with Gasteiger partial charge in [-0.2, -0.15) is 18.3 Å². The fourth-order valence-electron chi connectivity index (χ4n) is 4.73. The molecule has 192 valence electrons. The molecular weight excluding hydrogens is 479 g/mol. The number of nitrogens with one attached hydrogen (secondary N) is 1. The predicted octanol–water partition coefficient (Wildman–Crippen LogP) is 3.62. The van der Waals surface area contributed by atoms with Crippen LogP contribution in [0.1, 0.15) is 18.9 Å². The van der Waals surface area contributed by atoms with Gasteiger partial charge in [0.25, 0.3) is 0 Å². The summed E-state index contributed by atoms with van der Waals surface area (Å²) in [6.45, 7) is 2.22. The summed E-state index contributed by atoms with van der Waals surface area (Å²) in [7, 11) is 0. The van der Waals surface area contributed by atoms with Gasteiger partial charge in [0.05, 0.1) is 37.4 Å². The molecule has 0 atom stereocenters. The summed E-state index contributed by atoms with van der Waals surface area (Å²) < 4.78 is 45.7. The van der Waals surface area contributed by atoms with Crippen LogP contribution in [0, 0.1) is 0 Å². The summed E-state index contributed by atoms with van der Waals surface area (Å²) >= 11 is 0. The lowest BCUT2D eigenvalue weighted by Gasteiger charge is -2.32. The van der Waals surface area contributed by atoms with E-state index in [1.54, 1.807) is 30.5 Å². The highest BCUT2D eigenvalue weighted by molar-refractivity contribution is 5.89. The van der Waals surface area contributed by atoms with Crippen molar-refractivity contribution in [3.8, 4) is 11.4 Å². The van der Waals surface area contributed by atoms with Gasteiger partial charge >= 0.3 is 12.3 Å². The number of likely N-dealkylation sites (tertiary alicyclic amines) is 1. The predicted molar refractivity (Wildman–Crippen MR) is 126 cm³/mol. The summed E-state index contributed by atoms with van der Waals surface area (Å²) in [5.74, 6) is 1.19. The van der Waals surface area contributed by atoms with Crippen molar-refractivity contribution in [1.29, 1.82) is 0 Å². The molecule has 10 nitrogen and oxygen atoms in total. The Kier molecular flexibility index (Phi) is 6.67. The molecule has 2 aliphatic heterocycles. The molecule has 36 heavy (non-hydrogen) atoms. The molecule has 0 saturated carbocycles. The van der Waals surface area contributed by atoms with Gasteiger partial charge in [0.2, 0.25) is 0 Å². The summed E-state index contributed by atoms with van der Waals surface area (Å²) in [5, 5.41) is 16.6. The number of piperidine rings is 1. The summed E-state index contributed by atoms with van der Waals surface area (Å²) in [4.78, 5) is 24.1. The summed E-state index contributed by atoms with van der Waals surface area (Å²) in [6, 6.07) is 6.69. The second-order valence-corrected chi connectivity index (χ2v) is 8.93. The molecule has 2 fully saturated rings. The van der Waals surface area contributed by atoms with Crippen molar-refractivity contribution in [1.82, 2.24) is 24.6 Å². The summed E-state index contributed by atoms with van der Waals surface area (Å²) in [5.41, 5.74) is 1.76. The number of rotatable bonds is 5. The Morgan fingerprint density at radius 1 is 1.08 bits per heavy atom. The first-order valence-electron chi connectivity index (χ1n) is 11.7. The maximum Gasteiger partial charge on any atom is 0.409 e. The minimum atomic E-state index is -4.21. The monoisotopic (exact) mass is 505 g/mol. The number of nitrogens with zero attached hydrogens (tertiary/aromatic N) is 6. The van der Waals surface area contributed by atoms with E-state index in [1.807, 2.05) is 4.68 Å². The molecule has 0 radical (unpaired) electrons. The third-order valence-electron chi connectivity index (χ3n) is 6.44. The Morgan fingerprint density at radius 2 is 1.78 bits per heavy atom. The van der Waals surface area contributed by atoms with Crippen molar-refractivity contribution >= 4 is 28.6 Å². The van der Waals surface area contributed by atoms with Crippen LogP contribution in [0.5, 0.6) is 0 Å². The van der Waals surface area contributed by atoms with E-state index in [9.17, 15) is 18.0 Å². The Morgan fingerprint density at radius 3 is 2.42 bits per heavy atom. The molecule has 3 aromatic rings. The maximum atomic E-state index is 12.8. The molecule has 2 saturated heterocycles. The zero-order valence-corrected chi connectivity index (χ0v) is 19.4. The van der Waals surface area contributed by atoms with Gasteiger partial charge in [-0.05, 0) is 37.1 Å². The topological polar surface area (TPSA) is 109 Å². The minimum absolute atomic E-state index is 0.0746. The number of ether oxygens (including phenoxy) is 1. The van der Waals surface area contributed by atoms with Crippen LogP contribution < -0.4 is 10.2 Å². The Labute approximate surface area is 204 Å². The molecule has 1 aromatic carbocycles. The minimum Gasteiger partial charge on any atom is -0.465 e. The van der Waals surface area contributed by atoms with Crippen LogP contribution in [0.4, 0.5) is 29.5 Å². The maximum absolute atomic E-state index is 12.8. The van der Waals surface area contributed by atoms with E-state index in [0.29, 0.717) is 75.0 Å². The summed E-state index contributed by atoms with van der Waals surface area (Å²) in [6.07, 6.45) is -2.56. The number of amides is 1. The molecule has 0 spiro atoms. The number of morpholine rings is 1. The van der Waals surface area contributed by atoms with Gasteiger partial charge in [0.15, 0.2) is 11.5 Å². The van der Waals surface area contributed by atoms with E-state index in [2.05, 4.69) is 15.3 Å². The Hall–Kier alpha value is -3.45. The van der Waals surface area contributed by atoms with Crippen LogP contribution >= 0.6 is 0 Å². The number of benzene rings is 1. The van der Waals surface area contributed by atoms with E-state index < -0.39 is 18.8 Å². The van der Waals surface area contributed by atoms with E-state index >= 15 is 0 Å². The van der Waals surface area contributed by atoms with E-state index in [4.69, 9.17) is 19.8 Å². The molecule has 2 aliphatic rings. The average Bonchev–Trinajstić information content (AvgIpc) is 3.28. The molecule has 0 aliphatic carbocycles. The van der Waals surface area contributed by atoms with Gasteiger partial charge < -0.3 is 14.7 Å². The third kappa shape index (κ3) is 5.36. The number of fused-ring (bicyclic) bond motifs is 1. The van der Waals surface area contributed by atoms with Gasteiger partial charge in [0.1, 0.15) is 5.82 Å². The van der Waals surface area contributed by atoms with Crippen molar-refractivity contribution in [3.05, 3.63) is 30.5 Å². The highest BCUT2D eigenvalue weighted by atomic mass is 19.4. The standard InChI is InChI=1S/C23H26F3N7O3/c24-23(25,26)14-31-7-5-17(6-8-31)33-21-18(13-27-33)20(32-9-11-36-12-10-32)29-19(30-21)15-1-3-16(4-2-15)28-22(34)35/h1-4,13,17,28H,5-12,14H2,(H,34,35). The lowest BCUT2D eigenvalue weighted by molar-refractivity contribution is -0.148. The van der Waals surface area contributed by atoms with Gasteiger partial charge in [-0.25, -0.2) is 19.4 Å². The first kappa shape index (κ1) is 24.3. The van der Waals surface area contributed by atoms with Crippen LogP contribution in [0.2, 0.25) is 0 Å². The largest absolute Gasteiger partial charge is 0.465 e. The number of anilines is 2. The second kappa shape index (κ2) is 9.90. The van der Waals surface area contributed by atoms with Gasteiger partial charge in [-0.1, -0.05) is 0 Å². The molecule has 0 unspecified atom stereocenters. The molecule has 0 bridgehead atoms. The average molecular weight is 506 g/mol. The van der Waals surface area contributed by atoms with Crippen LogP contribution in [-0.2, 0) is 4.74 Å². The number of hydrogen-bond acceptors (Lipinski definition) is 7.